The quantitative estimate of drug-likeness (QED) is 0.922. The number of alkyl halides is 1. The van der Waals surface area contributed by atoms with Crippen LogP contribution >= 0.6 is 11.3 Å². The number of fused-ring (bicyclic) bond motifs is 1. The molecule has 0 amide bonds. The second-order valence-electron chi connectivity index (χ2n) is 5.67. The molecule has 1 aromatic heterocycles. The second-order valence-corrected chi connectivity index (χ2v) is 6.79. The van der Waals surface area contributed by atoms with Crippen LogP contribution in [0.5, 0.6) is 0 Å². The Morgan fingerprint density at radius 3 is 2.50 bits per heavy atom. The molecule has 0 saturated heterocycles. The van der Waals surface area contributed by atoms with E-state index in [-0.39, 0.29) is 13.0 Å². The molecule has 2 nitrogen and oxygen atoms in total. The fraction of sp³-hybridized carbons (Fsp3) is 0.500. The Morgan fingerprint density at radius 1 is 1.28 bits per heavy atom. The van der Waals surface area contributed by atoms with Crippen molar-refractivity contribution in [3.05, 3.63) is 29.3 Å². The SMILES string of the molecule is CC(C)(C)C(F)(CN)Cc1nc2ccccc2s1. The molecule has 2 rings (SSSR count). The molecule has 18 heavy (non-hydrogen) atoms. The third kappa shape index (κ3) is 2.40. The van der Waals surface area contributed by atoms with Crippen LogP contribution in [0.3, 0.4) is 0 Å². The van der Waals surface area contributed by atoms with Gasteiger partial charge in [0, 0.05) is 13.0 Å². The molecule has 2 N–H and O–H groups in total. The van der Waals surface area contributed by atoms with E-state index in [1.807, 2.05) is 45.0 Å². The molecule has 1 aromatic carbocycles. The fourth-order valence-corrected chi connectivity index (χ4v) is 2.94. The van der Waals surface area contributed by atoms with Gasteiger partial charge in [0.05, 0.1) is 15.2 Å². The summed E-state index contributed by atoms with van der Waals surface area (Å²) in [7, 11) is 0. The second kappa shape index (κ2) is 4.59. The van der Waals surface area contributed by atoms with E-state index in [0.29, 0.717) is 0 Å². The molecule has 0 aliphatic carbocycles. The first kappa shape index (κ1) is 13.4. The van der Waals surface area contributed by atoms with E-state index < -0.39 is 11.1 Å². The smallest absolute Gasteiger partial charge is 0.134 e. The van der Waals surface area contributed by atoms with Crippen LogP contribution in [0.1, 0.15) is 25.8 Å². The van der Waals surface area contributed by atoms with Crippen LogP contribution in [0.15, 0.2) is 24.3 Å². The van der Waals surface area contributed by atoms with Crippen LogP contribution in [0.2, 0.25) is 0 Å². The summed E-state index contributed by atoms with van der Waals surface area (Å²) in [6.45, 7) is 5.67. The minimum absolute atomic E-state index is 0.0203. The number of hydrogen-bond acceptors (Lipinski definition) is 3. The maximum absolute atomic E-state index is 14.9. The minimum Gasteiger partial charge on any atom is -0.327 e. The van der Waals surface area contributed by atoms with Crippen LogP contribution in [-0.4, -0.2) is 17.2 Å². The third-order valence-corrected chi connectivity index (χ3v) is 4.47. The van der Waals surface area contributed by atoms with Gasteiger partial charge in [-0.3, -0.25) is 0 Å². The summed E-state index contributed by atoms with van der Waals surface area (Å²) in [5, 5.41) is 0.819. The molecule has 0 aliphatic rings. The monoisotopic (exact) mass is 266 g/mol. The molecule has 0 saturated carbocycles. The Balaban J connectivity index is 2.32. The molecule has 0 spiro atoms. The van der Waals surface area contributed by atoms with Crippen LogP contribution in [-0.2, 0) is 6.42 Å². The highest BCUT2D eigenvalue weighted by molar-refractivity contribution is 7.18. The van der Waals surface area contributed by atoms with Crippen LogP contribution in [0.25, 0.3) is 10.2 Å². The zero-order valence-corrected chi connectivity index (χ0v) is 11.9. The van der Waals surface area contributed by atoms with Gasteiger partial charge in [0.15, 0.2) is 0 Å². The Bertz CT molecular complexity index is 511. The Hall–Kier alpha value is -1.00. The first-order chi connectivity index (χ1) is 8.36. The fourth-order valence-electron chi connectivity index (χ4n) is 1.88. The van der Waals surface area contributed by atoms with Crippen LogP contribution in [0.4, 0.5) is 4.39 Å². The molecule has 1 heterocycles. The van der Waals surface area contributed by atoms with Crippen molar-refractivity contribution in [2.24, 2.45) is 11.1 Å². The number of halogens is 1. The number of para-hydroxylation sites is 1. The van der Waals surface area contributed by atoms with E-state index in [4.69, 9.17) is 5.73 Å². The van der Waals surface area contributed by atoms with Crippen molar-refractivity contribution in [1.29, 1.82) is 0 Å². The van der Waals surface area contributed by atoms with Gasteiger partial charge >= 0.3 is 0 Å². The van der Waals surface area contributed by atoms with Gasteiger partial charge in [-0.2, -0.15) is 0 Å². The number of aromatic nitrogens is 1. The lowest BCUT2D eigenvalue weighted by molar-refractivity contribution is 0.0382. The summed E-state index contributed by atoms with van der Waals surface area (Å²) < 4.78 is 16.0. The molecular weight excluding hydrogens is 247 g/mol. The summed E-state index contributed by atoms with van der Waals surface area (Å²) in [6, 6.07) is 7.88. The normalized spacial score (nSPS) is 15.8. The standard InChI is InChI=1S/C14H19FN2S/c1-13(2,3)14(15,9-16)8-12-17-10-6-4-5-7-11(10)18-12/h4-7H,8-9,16H2,1-3H3. The minimum atomic E-state index is -1.42. The number of thiazole rings is 1. The molecule has 0 fully saturated rings. The average molecular weight is 266 g/mol. The predicted octanol–water partition coefficient (Wildman–Crippen LogP) is 3.55. The van der Waals surface area contributed by atoms with Gasteiger partial charge < -0.3 is 5.73 Å². The molecule has 4 heteroatoms. The lowest BCUT2D eigenvalue weighted by Crippen LogP contribution is -2.47. The lowest BCUT2D eigenvalue weighted by Gasteiger charge is -2.36. The average Bonchev–Trinajstić information content (AvgIpc) is 2.69. The van der Waals surface area contributed by atoms with Crippen molar-refractivity contribution < 1.29 is 4.39 Å². The Morgan fingerprint density at radius 2 is 1.94 bits per heavy atom. The third-order valence-electron chi connectivity index (χ3n) is 3.44. The summed E-state index contributed by atoms with van der Waals surface area (Å²) in [5.41, 5.74) is 4.67. The highest BCUT2D eigenvalue weighted by Gasteiger charge is 2.42. The molecule has 2 aromatic rings. The summed E-state index contributed by atoms with van der Waals surface area (Å²) in [6.07, 6.45) is 0.284. The first-order valence-electron chi connectivity index (χ1n) is 6.09. The van der Waals surface area contributed by atoms with Gasteiger partial charge in [-0.15, -0.1) is 11.3 Å². The van der Waals surface area contributed by atoms with Crippen molar-refractivity contribution >= 4 is 21.6 Å². The molecular formula is C14H19FN2S. The van der Waals surface area contributed by atoms with Gasteiger partial charge in [-0.1, -0.05) is 32.9 Å². The predicted molar refractivity (Wildman–Crippen MR) is 75.7 cm³/mol. The summed E-state index contributed by atoms with van der Waals surface area (Å²) >= 11 is 1.55. The maximum atomic E-state index is 14.9. The first-order valence-corrected chi connectivity index (χ1v) is 6.91. The molecule has 1 unspecified atom stereocenters. The van der Waals surface area contributed by atoms with Gasteiger partial charge in [-0.05, 0) is 17.5 Å². The van der Waals surface area contributed by atoms with E-state index in [1.54, 1.807) is 11.3 Å². The number of nitrogens with two attached hydrogens (primary N) is 1. The number of nitrogens with zero attached hydrogens (tertiary/aromatic N) is 1. The number of hydrogen-bond donors (Lipinski definition) is 1. The van der Waals surface area contributed by atoms with Gasteiger partial charge in [-0.25, -0.2) is 9.37 Å². The topological polar surface area (TPSA) is 38.9 Å². The van der Waals surface area contributed by atoms with Gasteiger partial charge in [0.1, 0.15) is 5.67 Å². The molecule has 0 radical (unpaired) electrons. The number of benzene rings is 1. The Labute approximate surface area is 111 Å². The molecule has 1 atom stereocenters. The molecule has 98 valence electrons. The van der Waals surface area contributed by atoms with Crippen molar-refractivity contribution in [2.75, 3.05) is 6.54 Å². The van der Waals surface area contributed by atoms with E-state index >= 15 is 0 Å². The highest BCUT2D eigenvalue weighted by Crippen LogP contribution is 2.37. The van der Waals surface area contributed by atoms with Gasteiger partial charge in [0.2, 0.25) is 0 Å². The van der Waals surface area contributed by atoms with Gasteiger partial charge in [0.25, 0.3) is 0 Å². The zero-order chi connectivity index (χ0) is 13.4. The maximum Gasteiger partial charge on any atom is 0.134 e. The van der Waals surface area contributed by atoms with Crippen molar-refractivity contribution in [3.63, 3.8) is 0 Å². The van der Waals surface area contributed by atoms with E-state index in [1.165, 1.54) is 0 Å². The van der Waals surface area contributed by atoms with Crippen molar-refractivity contribution in [1.82, 2.24) is 4.98 Å². The largest absolute Gasteiger partial charge is 0.327 e. The molecule has 0 bridgehead atoms. The van der Waals surface area contributed by atoms with Crippen LogP contribution in [0, 0.1) is 5.41 Å². The van der Waals surface area contributed by atoms with Crippen molar-refractivity contribution in [2.45, 2.75) is 32.9 Å². The summed E-state index contributed by atoms with van der Waals surface area (Å²) in [4.78, 5) is 4.48. The highest BCUT2D eigenvalue weighted by atomic mass is 32.1. The molecule has 0 aliphatic heterocycles. The zero-order valence-electron chi connectivity index (χ0n) is 11.0. The van der Waals surface area contributed by atoms with Crippen LogP contribution < -0.4 is 5.73 Å². The lowest BCUT2D eigenvalue weighted by atomic mass is 9.76. The number of rotatable bonds is 3. The Kier molecular flexibility index (Phi) is 3.43. The van der Waals surface area contributed by atoms with E-state index in [2.05, 4.69) is 4.98 Å². The van der Waals surface area contributed by atoms with E-state index in [9.17, 15) is 4.39 Å². The van der Waals surface area contributed by atoms with Crippen molar-refractivity contribution in [3.8, 4) is 0 Å². The van der Waals surface area contributed by atoms with E-state index in [0.717, 1.165) is 15.2 Å². The summed E-state index contributed by atoms with van der Waals surface area (Å²) in [5.74, 6) is 0.